The molecule has 1 saturated heterocycles. The molecule has 20 heavy (non-hydrogen) atoms. The van der Waals surface area contributed by atoms with Crippen LogP contribution in [0.1, 0.15) is 33.6 Å². The van der Waals surface area contributed by atoms with E-state index in [0.29, 0.717) is 39.1 Å². The van der Waals surface area contributed by atoms with Gasteiger partial charge < -0.3 is 19.6 Å². The minimum Gasteiger partial charge on any atom is -0.481 e. The van der Waals surface area contributed by atoms with Crippen molar-refractivity contribution in [2.75, 3.05) is 33.4 Å². The Morgan fingerprint density at radius 3 is 2.50 bits per heavy atom. The third kappa shape index (κ3) is 3.42. The Morgan fingerprint density at radius 1 is 1.45 bits per heavy atom. The number of likely N-dealkylation sites (tertiary alicyclic amines) is 1. The fourth-order valence-electron chi connectivity index (χ4n) is 2.60. The topological polar surface area (TPSA) is 70.1 Å². The van der Waals surface area contributed by atoms with Gasteiger partial charge in [-0.3, -0.25) is 4.79 Å². The highest BCUT2D eigenvalue weighted by molar-refractivity contribution is 5.80. The standard InChI is InChI=1S/C14H26N2O4/c1-5-14(12(17)18)6-7-15(10-14)13(19)16(11(2)3)8-9-20-4/h11H,5-10H2,1-4H3,(H,17,18). The highest BCUT2D eigenvalue weighted by Gasteiger charge is 2.45. The van der Waals surface area contributed by atoms with E-state index in [1.807, 2.05) is 20.8 Å². The number of hydrogen-bond donors (Lipinski definition) is 1. The molecule has 0 aromatic rings. The number of methoxy groups -OCH3 is 1. The number of amides is 2. The molecule has 1 fully saturated rings. The second-order valence-corrected chi connectivity index (χ2v) is 5.67. The fraction of sp³-hybridized carbons (Fsp3) is 0.857. The van der Waals surface area contributed by atoms with Crippen molar-refractivity contribution in [3.8, 4) is 0 Å². The lowest BCUT2D eigenvalue weighted by atomic mass is 9.84. The van der Waals surface area contributed by atoms with E-state index in [2.05, 4.69) is 0 Å². The molecule has 0 spiro atoms. The number of carboxylic acid groups (broad SMARTS) is 1. The van der Waals surface area contributed by atoms with Gasteiger partial charge in [0.1, 0.15) is 0 Å². The molecule has 2 amide bonds. The summed E-state index contributed by atoms with van der Waals surface area (Å²) in [5, 5.41) is 9.38. The smallest absolute Gasteiger partial charge is 0.320 e. The van der Waals surface area contributed by atoms with Gasteiger partial charge in [0.25, 0.3) is 0 Å². The Labute approximate surface area is 120 Å². The molecule has 0 aromatic heterocycles. The maximum absolute atomic E-state index is 12.5. The van der Waals surface area contributed by atoms with Crippen LogP contribution in [0.4, 0.5) is 4.79 Å². The summed E-state index contributed by atoms with van der Waals surface area (Å²) in [5.41, 5.74) is -0.778. The van der Waals surface area contributed by atoms with Gasteiger partial charge in [-0.1, -0.05) is 6.92 Å². The Hall–Kier alpha value is -1.30. The lowest BCUT2D eigenvalue weighted by molar-refractivity contribution is -0.148. The molecule has 6 heteroatoms. The fourth-order valence-corrected chi connectivity index (χ4v) is 2.60. The van der Waals surface area contributed by atoms with Crippen LogP contribution in [0.2, 0.25) is 0 Å². The number of ether oxygens (including phenoxy) is 1. The first-order valence-corrected chi connectivity index (χ1v) is 7.16. The highest BCUT2D eigenvalue weighted by Crippen LogP contribution is 2.34. The number of hydrogen-bond acceptors (Lipinski definition) is 3. The second kappa shape index (κ2) is 6.92. The van der Waals surface area contributed by atoms with Crippen LogP contribution in [0.25, 0.3) is 0 Å². The van der Waals surface area contributed by atoms with E-state index in [9.17, 15) is 14.7 Å². The zero-order valence-corrected chi connectivity index (χ0v) is 12.9. The molecule has 1 atom stereocenters. The van der Waals surface area contributed by atoms with Crippen molar-refractivity contribution in [1.82, 2.24) is 9.80 Å². The Morgan fingerprint density at radius 2 is 2.10 bits per heavy atom. The third-order valence-corrected chi connectivity index (χ3v) is 4.16. The number of carboxylic acids is 1. The lowest BCUT2D eigenvalue weighted by Crippen LogP contribution is -2.48. The van der Waals surface area contributed by atoms with E-state index < -0.39 is 11.4 Å². The molecule has 0 aliphatic carbocycles. The molecule has 1 N–H and O–H groups in total. The van der Waals surface area contributed by atoms with Gasteiger partial charge in [0.05, 0.1) is 12.0 Å². The minimum absolute atomic E-state index is 0.0686. The predicted molar refractivity (Wildman–Crippen MR) is 75.7 cm³/mol. The van der Waals surface area contributed by atoms with E-state index in [0.717, 1.165) is 0 Å². The second-order valence-electron chi connectivity index (χ2n) is 5.67. The van der Waals surface area contributed by atoms with E-state index in [1.54, 1.807) is 16.9 Å². The number of carbonyl (C=O) groups is 2. The summed E-state index contributed by atoms with van der Waals surface area (Å²) in [5.74, 6) is -0.803. The first-order chi connectivity index (χ1) is 9.38. The Kier molecular flexibility index (Phi) is 5.80. The summed E-state index contributed by atoms with van der Waals surface area (Å²) in [6.45, 7) is 7.59. The molecule has 1 aliphatic heterocycles. The molecule has 116 valence electrons. The number of aliphatic carboxylic acids is 1. The van der Waals surface area contributed by atoms with Gasteiger partial charge in [0, 0.05) is 32.8 Å². The molecule has 0 radical (unpaired) electrons. The first-order valence-electron chi connectivity index (χ1n) is 7.16. The zero-order valence-electron chi connectivity index (χ0n) is 12.9. The molecular weight excluding hydrogens is 260 g/mol. The van der Waals surface area contributed by atoms with Crippen LogP contribution >= 0.6 is 0 Å². The molecule has 1 aliphatic rings. The summed E-state index contributed by atoms with van der Waals surface area (Å²) in [6, 6.07) is -0.0206. The Balaban J connectivity index is 2.75. The van der Waals surface area contributed by atoms with E-state index in [-0.39, 0.29) is 12.1 Å². The van der Waals surface area contributed by atoms with Gasteiger partial charge in [-0.25, -0.2) is 4.79 Å². The monoisotopic (exact) mass is 286 g/mol. The van der Waals surface area contributed by atoms with Crippen molar-refractivity contribution < 1.29 is 19.4 Å². The summed E-state index contributed by atoms with van der Waals surface area (Å²) in [6.07, 6.45) is 1.08. The summed E-state index contributed by atoms with van der Waals surface area (Å²) >= 11 is 0. The van der Waals surface area contributed by atoms with Crippen LogP contribution in [-0.4, -0.2) is 66.3 Å². The maximum atomic E-state index is 12.5. The van der Waals surface area contributed by atoms with Gasteiger partial charge in [-0.2, -0.15) is 0 Å². The van der Waals surface area contributed by atoms with Crippen molar-refractivity contribution >= 4 is 12.0 Å². The third-order valence-electron chi connectivity index (χ3n) is 4.16. The first kappa shape index (κ1) is 16.8. The number of carbonyl (C=O) groups excluding carboxylic acids is 1. The molecule has 1 heterocycles. The van der Waals surface area contributed by atoms with Gasteiger partial charge >= 0.3 is 12.0 Å². The number of rotatable bonds is 6. The van der Waals surface area contributed by atoms with Crippen molar-refractivity contribution in [2.45, 2.75) is 39.7 Å². The molecule has 0 saturated carbocycles. The largest absolute Gasteiger partial charge is 0.481 e. The van der Waals surface area contributed by atoms with Crippen molar-refractivity contribution in [2.24, 2.45) is 5.41 Å². The van der Waals surface area contributed by atoms with Gasteiger partial charge in [-0.15, -0.1) is 0 Å². The molecule has 0 aromatic carbocycles. The molecule has 6 nitrogen and oxygen atoms in total. The quantitative estimate of drug-likeness (QED) is 0.806. The molecular formula is C14H26N2O4. The molecule has 1 unspecified atom stereocenters. The normalized spacial score (nSPS) is 22.4. The van der Waals surface area contributed by atoms with Crippen LogP contribution in [0, 0.1) is 5.41 Å². The van der Waals surface area contributed by atoms with Crippen LogP contribution in [0.15, 0.2) is 0 Å². The maximum Gasteiger partial charge on any atom is 0.320 e. The van der Waals surface area contributed by atoms with Crippen LogP contribution < -0.4 is 0 Å². The van der Waals surface area contributed by atoms with Gasteiger partial charge in [-0.05, 0) is 26.7 Å². The summed E-state index contributed by atoms with van der Waals surface area (Å²) < 4.78 is 5.03. The summed E-state index contributed by atoms with van der Waals surface area (Å²) in [7, 11) is 1.60. The lowest BCUT2D eigenvalue weighted by Gasteiger charge is -2.32. The molecule has 0 bridgehead atoms. The summed E-state index contributed by atoms with van der Waals surface area (Å²) in [4.78, 5) is 27.3. The van der Waals surface area contributed by atoms with Crippen LogP contribution in [-0.2, 0) is 9.53 Å². The number of nitrogens with zero attached hydrogens (tertiary/aromatic N) is 2. The number of urea groups is 1. The highest BCUT2D eigenvalue weighted by atomic mass is 16.5. The molecule has 1 rings (SSSR count). The van der Waals surface area contributed by atoms with Gasteiger partial charge in [0.2, 0.25) is 0 Å². The van der Waals surface area contributed by atoms with E-state index in [1.165, 1.54) is 0 Å². The van der Waals surface area contributed by atoms with E-state index >= 15 is 0 Å². The predicted octanol–water partition coefficient (Wildman–Crippen LogP) is 1.65. The average molecular weight is 286 g/mol. The Bertz CT molecular complexity index is 359. The minimum atomic E-state index is -0.803. The SMILES string of the molecule is CCC1(C(=O)O)CCN(C(=O)N(CCOC)C(C)C)C1. The van der Waals surface area contributed by atoms with Crippen molar-refractivity contribution in [3.63, 3.8) is 0 Å². The van der Waals surface area contributed by atoms with E-state index in [4.69, 9.17) is 4.74 Å². The zero-order chi connectivity index (χ0) is 15.3. The van der Waals surface area contributed by atoms with Crippen molar-refractivity contribution in [3.05, 3.63) is 0 Å². The average Bonchev–Trinajstić information content (AvgIpc) is 2.84. The van der Waals surface area contributed by atoms with Crippen LogP contribution in [0.5, 0.6) is 0 Å². The van der Waals surface area contributed by atoms with Crippen molar-refractivity contribution in [1.29, 1.82) is 0 Å². The van der Waals surface area contributed by atoms with Crippen LogP contribution in [0.3, 0.4) is 0 Å². The van der Waals surface area contributed by atoms with Gasteiger partial charge in [0.15, 0.2) is 0 Å².